The molecule has 2 N–H and O–H groups in total. The highest BCUT2D eigenvalue weighted by Gasteiger charge is 2.22. The van der Waals surface area contributed by atoms with Gasteiger partial charge in [0.2, 0.25) is 5.91 Å². The zero-order chi connectivity index (χ0) is 10.3. The van der Waals surface area contributed by atoms with Gasteiger partial charge in [0.15, 0.2) is 0 Å². The van der Waals surface area contributed by atoms with Crippen LogP contribution in [0.1, 0.15) is 52.9 Å². The maximum absolute atomic E-state index is 10.7. The first-order chi connectivity index (χ1) is 6.11. The highest BCUT2D eigenvalue weighted by molar-refractivity contribution is 5.76. The Labute approximate surface area is 81.9 Å². The summed E-state index contributed by atoms with van der Waals surface area (Å²) in [6.45, 7) is 6.44. The Morgan fingerprint density at radius 2 is 1.92 bits per heavy atom. The number of primary amides is 1. The number of nitrogens with two attached hydrogens (primary N) is 1. The van der Waals surface area contributed by atoms with Gasteiger partial charge in [-0.1, -0.05) is 40.0 Å². The summed E-state index contributed by atoms with van der Waals surface area (Å²) in [5, 5.41) is 0. The maximum Gasteiger partial charge on any atom is 0.220 e. The van der Waals surface area contributed by atoms with Gasteiger partial charge in [-0.2, -0.15) is 0 Å². The van der Waals surface area contributed by atoms with Crippen LogP contribution in [0.5, 0.6) is 0 Å². The summed E-state index contributed by atoms with van der Waals surface area (Å²) in [5.41, 5.74) is 5.19. The fourth-order valence-corrected chi connectivity index (χ4v) is 1.69. The standard InChI is InChI=1S/C8H15NO.C3H8/c1-6-3-2-4-7(5-6)8(9)10;1-3-2/h6-7H,2-5H2,1H3,(H2,9,10);3H2,1-2H3. The van der Waals surface area contributed by atoms with Crippen LogP contribution in [0, 0.1) is 11.8 Å². The Morgan fingerprint density at radius 1 is 1.38 bits per heavy atom. The quantitative estimate of drug-likeness (QED) is 0.670. The third-order valence-corrected chi connectivity index (χ3v) is 2.34. The third-order valence-electron chi connectivity index (χ3n) is 2.34. The molecule has 0 aromatic heterocycles. The smallest absolute Gasteiger partial charge is 0.220 e. The van der Waals surface area contributed by atoms with Crippen molar-refractivity contribution in [3.8, 4) is 0 Å². The monoisotopic (exact) mass is 185 g/mol. The predicted molar refractivity (Wildman–Crippen MR) is 56.3 cm³/mol. The van der Waals surface area contributed by atoms with Gasteiger partial charge in [-0.3, -0.25) is 4.79 Å². The van der Waals surface area contributed by atoms with Crippen molar-refractivity contribution in [3.63, 3.8) is 0 Å². The van der Waals surface area contributed by atoms with E-state index >= 15 is 0 Å². The van der Waals surface area contributed by atoms with Crippen molar-refractivity contribution in [2.24, 2.45) is 17.6 Å². The van der Waals surface area contributed by atoms with Crippen LogP contribution in [0.4, 0.5) is 0 Å². The second-order valence-electron chi connectivity index (χ2n) is 4.08. The molecule has 1 amide bonds. The lowest BCUT2D eigenvalue weighted by Gasteiger charge is -2.23. The number of hydrogen-bond donors (Lipinski definition) is 1. The van der Waals surface area contributed by atoms with Crippen LogP contribution >= 0.6 is 0 Å². The fourth-order valence-electron chi connectivity index (χ4n) is 1.69. The van der Waals surface area contributed by atoms with E-state index in [1.54, 1.807) is 0 Å². The van der Waals surface area contributed by atoms with Gasteiger partial charge in [-0.15, -0.1) is 0 Å². The van der Waals surface area contributed by atoms with Crippen molar-refractivity contribution < 1.29 is 4.79 Å². The molecule has 1 saturated carbocycles. The summed E-state index contributed by atoms with van der Waals surface area (Å²) in [7, 11) is 0. The van der Waals surface area contributed by atoms with Crippen LogP contribution in [0.2, 0.25) is 0 Å². The van der Waals surface area contributed by atoms with Crippen molar-refractivity contribution in [1.82, 2.24) is 0 Å². The Kier molecular flexibility index (Phi) is 6.65. The van der Waals surface area contributed by atoms with Gasteiger partial charge < -0.3 is 5.73 Å². The molecular formula is C11H23NO. The Hall–Kier alpha value is -0.530. The van der Waals surface area contributed by atoms with Crippen LogP contribution < -0.4 is 5.73 Å². The van der Waals surface area contributed by atoms with E-state index in [0.717, 1.165) is 12.8 Å². The molecule has 2 nitrogen and oxygen atoms in total. The minimum atomic E-state index is -0.105. The van der Waals surface area contributed by atoms with Crippen LogP contribution in [0.25, 0.3) is 0 Å². The van der Waals surface area contributed by atoms with E-state index in [-0.39, 0.29) is 11.8 Å². The van der Waals surface area contributed by atoms with Crippen LogP contribution in [0.3, 0.4) is 0 Å². The Bertz CT molecular complexity index is 145. The highest BCUT2D eigenvalue weighted by atomic mass is 16.1. The summed E-state index contributed by atoms with van der Waals surface area (Å²) in [6, 6.07) is 0. The first kappa shape index (κ1) is 12.5. The molecule has 0 radical (unpaired) electrons. The highest BCUT2D eigenvalue weighted by Crippen LogP contribution is 2.27. The van der Waals surface area contributed by atoms with E-state index in [4.69, 9.17) is 5.73 Å². The molecule has 1 fully saturated rings. The second kappa shape index (κ2) is 6.93. The van der Waals surface area contributed by atoms with Gasteiger partial charge in [0.05, 0.1) is 0 Å². The molecule has 13 heavy (non-hydrogen) atoms. The van der Waals surface area contributed by atoms with Crippen LogP contribution in [-0.2, 0) is 4.79 Å². The molecule has 1 aliphatic carbocycles. The number of carbonyl (C=O) groups excluding carboxylic acids is 1. The molecule has 2 atom stereocenters. The lowest BCUT2D eigenvalue weighted by Crippen LogP contribution is -2.27. The molecule has 0 aromatic rings. The second-order valence-corrected chi connectivity index (χ2v) is 4.08. The average Bonchev–Trinajstić information content (AvgIpc) is 2.05. The first-order valence-corrected chi connectivity index (χ1v) is 5.41. The Morgan fingerprint density at radius 3 is 2.23 bits per heavy atom. The number of hydrogen-bond acceptors (Lipinski definition) is 1. The van der Waals surface area contributed by atoms with Gasteiger partial charge >= 0.3 is 0 Å². The first-order valence-electron chi connectivity index (χ1n) is 5.41. The lowest BCUT2D eigenvalue weighted by molar-refractivity contribution is -0.123. The van der Waals surface area contributed by atoms with E-state index in [0.29, 0.717) is 5.92 Å². The van der Waals surface area contributed by atoms with Crippen molar-refractivity contribution in [3.05, 3.63) is 0 Å². The third kappa shape index (κ3) is 5.67. The van der Waals surface area contributed by atoms with E-state index in [9.17, 15) is 4.79 Å². The van der Waals surface area contributed by atoms with Crippen molar-refractivity contribution in [1.29, 1.82) is 0 Å². The lowest BCUT2D eigenvalue weighted by atomic mass is 9.82. The molecule has 0 aromatic carbocycles. The average molecular weight is 185 g/mol. The topological polar surface area (TPSA) is 43.1 Å². The molecule has 2 heteroatoms. The molecule has 0 saturated heterocycles. The zero-order valence-corrected chi connectivity index (χ0v) is 9.18. The van der Waals surface area contributed by atoms with Crippen molar-refractivity contribution in [2.45, 2.75) is 52.9 Å². The summed E-state index contributed by atoms with van der Waals surface area (Å²) in [4.78, 5) is 10.7. The summed E-state index contributed by atoms with van der Waals surface area (Å²) >= 11 is 0. The van der Waals surface area contributed by atoms with E-state index in [2.05, 4.69) is 20.8 Å². The zero-order valence-electron chi connectivity index (χ0n) is 9.18. The molecule has 1 aliphatic rings. The molecule has 2 unspecified atom stereocenters. The normalized spacial score (nSPS) is 27.3. The molecule has 0 spiro atoms. The molecule has 0 bridgehead atoms. The minimum Gasteiger partial charge on any atom is -0.369 e. The summed E-state index contributed by atoms with van der Waals surface area (Å²) in [5.74, 6) is 0.765. The van der Waals surface area contributed by atoms with Gasteiger partial charge in [0, 0.05) is 5.92 Å². The molecular weight excluding hydrogens is 162 g/mol. The molecule has 0 aliphatic heterocycles. The van der Waals surface area contributed by atoms with E-state index in [1.807, 2.05) is 0 Å². The van der Waals surface area contributed by atoms with Gasteiger partial charge in [-0.25, -0.2) is 0 Å². The minimum absolute atomic E-state index is 0.105. The number of carbonyl (C=O) groups is 1. The van der Waals surface area contributed by atoms with E-state index in [1.165, 1.54) is 19.3 Å². The SMILES string of the molecule is CC1CCCC(C(N)=O)C1.CCC. The fraction of sp³-hybridized carbons (Fsp3) is 0.909. The summed E-state index contributed by atoms with van der Waals surface area (Å²) in [6.07, 6.45) is 5.72. The maximum atomic E-state index is 10.7. The largest absolute Gasteiger partial charge is 0.369 e. The van der Waals surface area contributed by atoms with E-state index < -0.39 is 0 Å². The number of amides is 1. The van der Waals surface area contributed by atoms with Crippen LogP contribution in [0.15, 0.2) is 0 Å². The molecule has 78 valence electrons. The van der Waals surface area contributed by atoms with Crippen LogP contribution in [-0.4, -0.2) is 5.91 Å². The van der Waals surface area contributed by atoms with Gasteiger partial charge in [0.25, 0.3) is 0 Å². The summed E-state index contributed by atoms with van der Waals surface area (Å²) < 4.78 is 0. The van der Waals surface area contributed by atoms with Gasteiger partial charge in [0.1, 0.15) is 0 Å². The Balaban J connectivity index is 0.000000424. The van der Waals surface area contributed by atoms with Crippen molar-refractivity contribution >= 4 is 5.91 Å². The number of rotatable bonds is 1. The van der Waals surface area contributed by atoms with Gasteiger partial charge in [-0.05, 0) is 18.8 Å². The predicted octanol–water partition coefficient (Wildman–Crippen LogP) is 2.71. The molecule has 0 heterocycles. The van der Waals surface area contributed by atoms with Crippen molar-refractivity contribution in [2.75, 3.05) is 0 Å². The molecule has 1 rings (SSSR count).